The van der Waals surface area contributed by atoms with Crippen LogP contribution in [-0.2, 0) is 9.47 Å². The number of ether oxygens (including phenoxy) is 2. The standard InChI is InChI=1S/C6H14N2O2/c1-9-5-7-8-6-2-3-10-4-6/h6-8H,2-5H2,1H3/t6-/m0/s1. The maximum absolute atomic E-state index is 5.14. The van der Waals surface area contributed by atoms with Crippen LogP contribution in [0.1, 0.15) is 6.42 Å². The van der Waals surface area contributed by atoms with Crippen LogP contribution in [0.5, 0.6) is 0 Å². The van der Waals surface area contributed by atoms with Crippen molar-refractivity contribution in [2.45, 2.75) is 12.5 Å². The summed E-state index contributed by atoms with van der Waals surface area (Å²) < 4.78 is 9.93. The van der Waals surface area contributed by atoms with Crippen molar-refractivity contribution >= 4 is 0 Å². The monoisotopic (exact) mass is 146 g/mol. The van der Waals surface area contributed by atoms with Gasteiger partial charge in [-0.1, -0.05) is 0 Å². The number of methoxy groups -OCH3 is 1. The van der Waals surface area contributed by atoms with Gasteiger partial charge in [0.2, 0.25) is 0 Å². The van der Waals surface area contributed by atoms with Gasteiger partial charge in [-0.15, -0.1) is 0 Å². The average molecular weight is 146 g/mol. The lowest BCUT2D eigenvalue weighted by Gasteiger charge is -2.10. The Labute approximate surface area is 60.9 Å². The molecule has 0 aromatic carbocycles. The minimum absolute atomic E-state index is 0.454. The van der Waals surface area contributed by atoms with Gasteiger partial charge in [0, 0.05) is 19.8 Å². The molecular weight excluding hydrogens is 132 g/mol. The summed E-state index contributed by atoms with van der Waals surface area (Å²) in [7, 11) is 1.65. The molecule has 2 N–H and O–H groups in total. The van der Waals surface area contributed by atoms with Crippen LogP contribution < -0.4 is 10.9 Å². The highest BCUT2D eigenvalue weighted by atomic mass is 16.5. The van der Waals surface area contributed by atoms with Gasteiger partial charge in [0.05, 0.1) is 6.61 Å². The molecule has 1 rings (SSSR count). The van der Waals surface area contributed by atoms with Crippen LogP contribution in [0.3, 0.4) is 0 Å². The van der Waals surface area contributed by atoms with Crippen LogP contribution in [0.25, 0.3) is 0 Å². The molecule has 4 heteroatoms. The van der Waals surface area contributed by atoms with E-state index in [1.54, 1.807) is 7.11 Å². The lowest BCUT2D eigenvalue weighted by molar-refractivity contribution is 0.147. The zero-order valence-electron chi connectivity index (χ0n) is 6.22. The van der Waals surface area contributed by atoms with Crippen molar-refractivity contribution in [2.75, 3.05) is 27.1 Å². The Kier molecular flexibility index (Phi) is 3.67. The van der Waals surface area contributed by atoms with E-state index >= 15 is 0 Å². The molecule has 0 aromatic rings. The maximum atomic E-state index is 5.14. The van der Waals surface area contributed by atoms with E-state index in [-0.39, 0.29) is 0 Å². The Bertz CT molecular complexity index is 83.8. The van der Waals surface area contributed by atoms with E-state index in [1.165, 1.54) is 0 Å². The summed E-state index contributed by atoms with van der Waals surface area (Å²) in [4.78, 5) is 0. The Morgan fingerprint density at radius 2 is 2.60 bits per heavy atom. The van der Waals surface area contributed by atoms with E-state index in [1.807, 2.05) is 0 Å². The zero-order chi connectivity index (χ0) is 7.23. The molecule has 60 valence electrons. The summed E-state index contributed by atoms with van der Waals surface area (Å²) >= 11 is 0. The van der Waals surface area contributed by atoms with Crippen molar-refractivity contribution in [1.82, 2.24) is 10.9 Å². The lowest BCUT2D eigenvalue weighted by Crippen LogP contribution is -2.41. The van der Waals surface area contributed by atoms with Gasteiger partial charge in [0.1, 0.15) is 6.73 Å². The Morgan fingerprint density at radius 1 is 1.70 bits per heavy atom. The summed E-state index contributed by atoms with van der Waals surface area (Å²) in [5, 5.41) is 0. The Hall–Kier alpha value is -0.160. The van der Waals surface area contributed by atoms with Gasteiger partial charge in [-0.2, -0.15) is 0 Å². The summed E-state index contributed by atoms with van der Waals surface area (Å²) in [5.41, 5.74) is 6.01. The Morgan fingerprint density at radius 3 is 3.20 bits per heavy atom. The van der Waals surface area contributed by atoms with E-state index in [2.05, 4.69) is 10.9 Å². The normalized spacial score (nSPS) is 25.5. The molecule has 0 amide bonds. The summed E-state index contributed by atoms with van der Waals surface area (Å²) in [6.07, 6.45) is 1.08. The first-order chi connectivity index (χ1) is 4.93. The van der Waals surface area contributed by atoms with Gasteiger partial charge in [0.25, 0.3) is 0 Å². The largest absolute Gasteiger partial charge is 0.380 e. The van der Waals surface area contributed by atoms with Gasteiger partial charge in [-0.05, 0) is 6.42 Å². The molecule has 0 unspecified atom stereocenters. The van der Waals surface area contributed by atoms with Crippen molar-refractivity contribution in [3.8, 4) is 0 Å². The smallest absolute Gasteiger partial charge is 0.108 e. The second-order valence-corrected chi connectivity index (χ2v) is 2.31. The van der Waals surface area contributed by atoms with Crippen LogP contribution in [0, 0.1) is 0 Å². The number of rotatable bonds is 4. The van der Waals surface area contributed by atoms with Crippen LogP contribution in [0.15, 0.2) is 0 Å². The number of hydrazine groups is 1. The second kappa shape index (κ2) is 4.62. The minimum Gasteiger partial charge on any atom is -0.380 e. The van der Waals surface area contributed by atoms with Crippen molar-refractivity contribution in [3.05, 3.63) is 0 Å². The predicted octanol–water partition coefficient (Wildman–Crippen LogP) is -0.527. The molecular formula is C6H14N2O2. The molecule has 1 saturated heterocycles. The highest BCUT2D eigenvalue weighted by Crippen LogP contribution is 2.01. The molecule has 10 heavy (non-hydrogen) atoms. The SMILES string of the molecule is COCNN[C@H]1CCOC1. The molecule has 4 nitrogen and oxygen atoms in total. The van der Waals surface area contributed by atoms with E-state index in [0.29, 0.717) is 12.8 Å². The van der Waals surface area contributed by atoms with Gasteiger partial charge < -0.3 is 9.47 Å². The van der Waals surface area contributed by atoms with Crippen LogP contribution in [0.4, 0.5) is 0 Å². The van der Waals surface area contributed by atoms with E-state index in [9.17, 15) is 0 Å². The fraction of sp³-hybridized carbons (Fsp3) is 1.00. The third-order valence-corrected chi connectivity index (χ3v) is 1.45. The molecule has 1 heterocycles. The second-order valence-electron chi connectivity index (χ2n) is 2.31. The zero-order valence-corrected chi connectivity index (χ0v) is 6.22. The van der Waals surface area contributed by atoms with Crippen LogP contribution in [-0.4, -0.2) is 33.1 Å². The molecule has 0 bridgehead atoms. The molecule has 1 aliphatic rings. The first-order valence-corrected chi connectivity index (χ1v) is 3.48. The quantitative estimate of drug-likeness (QED) is 0.318. The lowest BCUT2D eigenvalue weighted by atomic mass is 10.3. The summed E-state index contributed by atoms with van der Waals surface area (Å²) in [6.45, 7) is 2.21. The molecule has 0 spiro atoms. The molecule has 0 aromatic heterocycles. The van der Waals surface area contributed by atoms with E-state index < -0.39 is 0 Å². The molecule has 0 saturated carbocycles. The first kappa shape index (κ1) is 7.94. The van der Waals surface area contributed by atoms with Crippen molar-refractivity contribution in [2.24, 2.45) is 0 Å². The van der Waals surface area contributed by atoms with Crippen molar-refractivity contribution in [3.63, 3.8) is 0 Å². The third-order valence-electron chi connectivity index (χ3n) is 1.45. The molecule has 0 radical (unpaired) electrons. The van der Waals surface area contributed by atoms with E-state index in [0.717, 1.165) is 19.6 Å². The van der Waals surface area contributed by atoms with Gasteiger partial charge in [-0.25, -0.2) is 5.43 Å². The Balaban J connectivity index is 1.91. The van der Waals surface area contributed by atoms with Gasteiger partial charge >= 0.3 is 0 Å². The number of nitrogens with one attached hydrogen (secondary N) is 2. The fourth-order valence-electron chi connectivity index (χ4n) is 0.907. The summed E-state index contributed by atoms with van der Waals surface area (Å²) in [6, 6.07) is 0.454. The highest BCUT2D eigenvalue weighted by molar-refractivity contribution is 4.67. The topological polar surface area (TPSA) is 42.5 Å². The molecule has 1 aliphatic heterocycles. The molecule has 1 atom stereocenters. The summed E-state index contributed by atoms with van der Waals surface area (Å²) in [5.74, 6) is 0. The predicted molar refractivity (Wildman–Crippen MR) is 37.4 cm³/mol. The van der Waals surface area contributed by atoms with Crippen molar-refractivity contribution < 1.29 is 9.47 Å². The number of hydrogen-bond donors (Lipinski definition) is 2. The van der Waals surface area contributed by atoms with Gasteiger partial charge in [-0.3, -0.25) is 5.43 Å². The maximum Gasteiger partial charge on any atom is 0.108 e. The number of hydrogen-bond acceptors (Lipinski definition) is 4. The third kappa shape index (κ3) is 2.62. The highest BCUT2D eigenvalue weighted by Gasteiger charge is 2.13. The minimum atomic E-state index is 0.454. The van der Waals surface area contributed by atoms with E-state index in [4.69, 9.17) is 9.47 Å². The molecule has 1 fully saturated rings. The fourth-order valence-corrected chi connectivity index (χ4v) is 0.907. The van der Waals surface area contributed by atoms with Crippen LogP contribution >= 0.6 is 0 Å². The average Bonchev–Trinajstić information content (AvgIpc) is 2.41. The van der Waals surface area contributed by atoms with Crippen LogP contribution in [0.2, 0.25) is 0 Å². The van der Waals surface area contributed by atoms with Gasteiger partial charge in [0.15, 0.2) is 0 Å². The molecule has 0 aliphatic carbocycles. The first-order valence-electron chi connectivity index (χ1n) is 3.48. The van der Waals surface area contributed by atoms with Crippen molar-refractivity contribution in [1.29, 1.82) is 0 Å².